The summed E-state index contributed by atoms with van der Waals surface area (Å²) in [6.45, 7) is -0.266. The second-order valence-corrected chi connectivity index (χ2v) is 8.22. The molecule has 0 unspecified atom stereocenters. The summed E-state index contributed by atoms with van der Waals surface area (Å²) < 4.78 is 30.4. The lowest BCUT2D eigenvalue weighted by Crippen LogP contribution is -2.22. The van der Waals surface area contributed by atoms with Crippen molar-refractivity contribution in [2.45, 2.75) is 4.90 Å². The molecule has 0 aliphatic carbocycles. The number of carbonyl (C=O) groups is 1. The first-order chi connectivity index (χ1) is 11.7. The highest BCUT2D eigenvalue weighted by Crippen LogP contribution is 2.27. The van der Waals surface area contributed by atoms with Gasteiger partial charge in [0, 0.05) is 30.9 Å². The second kappa shape index (κ2) is 8.05. The van der Waals surface area contributed by atoms with Gasteiger partial charge in [-0.3, -0.25) is 4.79 Å². The summed E-state index contributed by atoms with van der Waals surface area (Å²) in [5.41, 5.74) is 0.448. The van der Waals surface area contributed by atoms with Crippen LogP contribution >= 0.6 is 23.2 Å². The Hall–Kier alpha value is -1.80. The van der Waals surface area contributed by atoms with E-state index in [-0.39, 0.29) is 11.5 Å². The molecule has 0 aromatic heterocycles. The van der Waals surface area contributed by atoms with E-state index >= 15 is 0 Å². The highest BCUT2D eigenvalue weighted by molar-refractivity contribution is 7.89. The normalized spacial score (nSPS) is 11.4. The molecule has 0 atom stereocenters. The molecule has 25 heavy (non-hydrogen) atoms. The lowest BCUT2D eigenvalue weighted by molar-refractivity contribution is -0.118. The van der Waals surface area contributed by atoms with Crippen LogP contribution in [0.4, 0.5) is 5.69 Å². The van der Waals surface area contributed by atoms with E-state index in [1.165, 1.54) is 44.4 Å². The van der Waals surface area contributed by atoms with Crippen LogP contribution in [0.2, 0.25) is 10.0 Å². The van der Waals surface area contributed by atoms with Gasteiger partial charge in [0.1, 0.15) is 5.75 Å². The topological polar surface area (TPSA) is 75.7 Å². The first kappa shape index (κ1) is 19.5. The second-order valence-electron chi connectivity index (χ2n) is 5.22. The van der Waals surface area contributed by atoms with Crippen molar-refractivity contribution >= 4 is 44.8 Å². The maximum absolute atomic E-state index is 12.0. The number of rotatable bonds is 6. The van der Waals surface area contributed by atoms with Crippen LogP contribution in [-0.4, -0.2) is 39.3 Å². The Bertz CT molecular complexity index is 868. The van der Waals surface area contributed by atoms with Crippen molar-refractivity contribution < 1.29 is 17.9 Å². The van der Waals surface area contributed by atoms with Crippen molar-refractivity contribution in [1.29, 1.82) is 0 Å². The molecule has 1 amide bonds. The summed E-state index contributed by atoms with van der Waals surface area (Å²) in [7, 11) is -0.613. The fourth-order valence-corrected chi connectivity index (χ4v) is 3.09. The zero-order chi connectivity index (χ0) is 18.6. The summed E-state index contributed by atoms with van der Waals surface area (Å²) in [6, 6.07) is 10.5. The predicted molar refractivity (Wildman–Crippen MR) is 97.9 cm³/mol. The molecule has 9 heteroatoms. The van der Waals surface area contributed by atoms with Crippen molar-refractivity contribution in [2.75, 3.05) is 26.0 Å². The number of ether oxygens (including phenoxy) is 1. The fourth-order valence-electron chi connectivity index (χ4n) is 1.85. The molecule has 0 aliphatic rings. The van der Waals surface area contributed by atoms with E-state index in [1.54, 1.807) is 12.1 Å². The van der Waals surface area contributed by atoms with E-state index in [4.69, 9.17) is 27.9 Å². The number of anilines is 1. The molecular formula is C16H16Cl2N2O4S. The van der Waals surface area contributed by atoms with Gasteiger partial charge in [-0.15, -0.1) is 0 Å². The van der Waals surface area contributed by atoms with E-state index in [2.05, 4.69) is 5.32 Å². The van der Waals surface area contributed by atoms with Crippen molar-refractivity contribution in [3.05, 3.63) is 52.5 Å². The Morgan fingerprint density at radius 1 is 1.12 bits per heavy atom. The molecule has 0 radical (unpaired) electrons. The highest BCUT2D eigenvalue weighted by Gasteiger charge is 2.16. The van der Waals surface area contributed by atoms with Crippen LogP contribution in [0.25, 0.3) is 0 Å². The average molecular weight is 403 g/mol. The van der Waals surface area contributed by atoms with Crippen molar-refractivity contribution in [2.24, 2.45) is 0 Å². The Morgan fingerprint density at radius 2 is 1.76 bits per heavy atom. The Labute approximate surface area is 156 Å². The van der Waals surface area contributed by atoms with Gasteiger partial charge >= 0.3 is 0 Å². The number of sulfonamides is 1. The van der Waals surface area contributed by atoms with Crippen LogP contribution in [0, 0.1) is 0 Å². The van der Waals surface area contributed by atoms with Gasteiger partial charge in [0.25, 0.3) is 5.91 Å². The smallest absolute Gasteiger partial charge is 0.262 e. The highest BCUT2D eigenvalue weighted by atomic mass is 35.5. The van der Waals surface area contributed by atoms with Gasteiger partial charge in [-0.05, 0) is 36.4 Å². The third kappa shape index (κ3) is 5.09. The molecule has 0 heterocycles. The molecule has 0 saturated heterocycles. The lowest BCUT2D eigenvalue weighted by Gasteiger charge is -2.12. The van der Waals surface area contributed by atoms with Crippen LogP contribution in [0.15, 0.2) is 47.4 Å². The van der Waals surface area contributed by atoms with Crippen LogP contribution < -0.4 is 10.1 Å². The van der Waals surface area contributed by atoms with Gasteiger partial charge in [-0.2, -0.15) is 0 Å². The number of nitrogens with zero attached hydrogens (tertiary/aromatic N) is 1. The van der Waals surface area contributed by atoms with E-state index < -0.39 is 15.9 Å². The SMILES string of the molecule is CN(C)S(=O)(=O)c1ccc(NC(=O)COc2cc(Cl)ccc2Cl)cc1. The van der Waals surface area contributed by atoms with Gasteiger partial charge in [0.2, 0.25) is 10.0 Å². The minimum Gasteiger partial charge on any atom is -0.482 e. The van der Waals surface area contributed by atoms with Gasteiger partial charge < -0.3 is 10.1 Å². The number of amides is 1. The third-order valence-corrected chi connectivity index (χ3v) is 5.55. The van der Waals surface area contributed by atoms with E-state index in [0.717, 1.165) is 4.31 Å². The molecule has 0 saturated carbocycles. The minimum absolute atomic E-state index is 0.137. The molecule has 6 nitrogen and oxygen atoms in total. The number of hydrogen-bond donors (Lipinski definition) is 1. The van der Waals surface area contributed by atoms with Crippen molar-refractivity contribution in [3.8, 4) is 5.75 Å². The summed E-state index contributed by atoms with van der Waals surface area (Å²) in [4.78, 5) is 12.1. The van der Waals surface area contributed by atoms with Crippen molar-refractivity contribution in [3.63, 3.8) is 0 Å². The summed E-state index contributed by atoms with van der Waals surface area (Å²) in [5.74, 6) is -0.115. The summed E-state index contributed by atoms with van der Waals surface area (Å²) >= 11 is 11.8. The van der Waals surface area contributed by atoms with Crippen molar-refractivity contribution in [1.82, 2.24) is 4.31 Å². The van der Waals surface area contributed by atoms with Gasteiger partial charge in [-0.25, -0.2) is 12.7 Å². The molecule has 0 aliphatic heterocycles. The first-order valence-electron chi connectivity index (χ1n) is 7.10. The molecule has 2 aromatic carbocycles. The van der Waals surface area contributed by atoms with E-state index in [1.807, 2.05) is 0 Å². The number of benzene rings is 2. The van der Waals surface area contributed by atoms with Gasteiger partial charge in [-0.1, -0.05) is 23.2 Å². The van der Waals surface area contributed by atoms with Crippen LogP contribution in [0.5, 0.6) is 5.75 Å². The Morgan fingerprint density at radius 3 is 2.36 bits per heavy atom. The number of halogens is 2. The number of carbonyl (C=O) groups excluding carboxylic acids is 1. The quantitative estimate of drug-likeness (QED) is 0.804. The Balaban J connectivity index is 1.98. The Kier molecular flexibility index (Phi) is 6.29. The molecule has 0 fully saturated rings. The molecule has 0 bridgehead atoms. The van der Waals surface area contributed by atoms with Crippen LogP contribution in [-0.2, 0) is 14.8 Å². The fraction of sp³-hybridized carbons (Fsp3) is 0.188. The van der Waals surface area contributed by atoms with E-state index in [9.17, 15) is 13.2 Å². The average Bonchev–Trinajstić information content (AvgIpc) is 2.56. The third-order valence-electron chi connectivity index (χ3n) is 3.17. The molecule has 2 aromatic rings. The van der Waals surface area contributed by atoms with Crippen LogP contribution in [0.3, 0.4) is 0 Å². The molecule has 134 valence electrons. The monoisotopic (exact) mass is 402 g/mol. The molecule has 0 spiro atoms. The molecular weight excluding hydrogens is 387 g/mol. The largest absolute Gasteiger partial charge is 0.482 e. The number of nitrogens with one attached hydrogen (secondary N) is 1. The molecule has 1 N–H and O–H groups in total. The zero-order valence-electron chi connectivity index (χ0n) is 13.5. The maximum Gasteiger partial charge on any atom is 0.262 e. The zero-order valence-corrected chi connectivity index (χ0v) is 15.8. The van der Waals surface area contributed by atoms with E-state index in [0.29, 0.717) is 21.5 Å². The minimum atomic E-state index is -3.51. The standard InChI is InChI=1S/C16H16Cl2N2O4S/c1-20(2)25(22,23)13-6-4-12(5-7-13)19-16(21)10-24-15-9-11(17)3-8-14(15)18/h3-9H,10H2,1-2H3,(H,19,21). The summed E-state index contributed by atoms with van der Waals surface area (Å²) in [6.07, 6.45) is 0. The van der Waals surface area contributed by atoms with Gasteiger partial charge in [0.15, 0.2) is 6.61 Å². The van der Waals surface area contributed by atoms with Crippen LogP contribution in [0.1, 0.15) is 0 Å². The molecule has 2 rings (SSSR count). The first-order valence-corrected chi connectivity index (χ1v) is 9.30. The maximum atomic E-state index is 12.0. The predicted octanol–water partition coefficient (Wildman–Crippen LogP) is 3.26. The number of hydrogen-bond acceptors (Lipinski definition) is 4. The van der Waals surface area contributed by atoms with Gasteiger partial charge in [0.05, 0.1) is 9.92 Å². The lowest BCUT2D eigenvalue weighted by atomic mass is 10.3. The summed E-state index contributed by atoms with van der Waals surface area (Å²) in [5, 5.41) is 3.39.